The zero-order valence-electron chi connectivity index (χ0n) is 16.4. The number of carbonyl (C=O) groups is 1. The van der Waals surface area contributed by atoms with Gasteiger partial charge in [0.25, 0.3) is 0 Å². The number of benzene rings is 1. The number of aliphatic hydroxyl groups is 1. The molecule has 5 nitrogen and oxygen atoms in total. The van der Waals surface area contributed by atoms with E-state index in [4.69, 9.17) is 4.74 Å². The van der Waals surface area contributed by atoms with Crippen molar-refractivity contribution in [2.24, 2.45) is 11.8 Å². The third-order valence-corrected chi connectivity index (χ3v) is 5.27. The maximum Gasteiger partial charge on any atom is 0.573 e. The van der Waals surface area contributed by atoms with Crippen LogP contribution in [0.2, 0.25) is 0 Å². The van der Waals surface area contributed by atoms with Crippen LogP contribution in [0.25, 0.3) is 0 Å². The Morgan fingerprint density at radius 1 is 1.28 bits per heavy atom. The van der Waals surface area contributed by atoms with E-state index < -0.39 is 35.8 Å². The molecule has 1 heterocycles. The van der Waals surface area contributed by atoms with Crippen molar-refractivity contribution >= 4 is 5.91 Å². The van der Waals surface area contributed by atoms with E-state index in [9.17, 15) is 23.1 Å². The van der Waals surface area contributed by atoms with Gasteiger partial charge in [-0.25, -0.2) is 0 Å². The largest absolute Gasteiger partial charge is 0.573 e. The van der Waals surface area contributed by atoms with E-state index in [1.165, 1.54) is 6.07 Å². The first-order valence-corrected chi connectivity index (χ1v) is 9.44. The molecule has 0 spiro atoms. The molecule has 8 heteroatoms. The lowest BCUT2D eigenvalue weighted by Gasteiger charge is -2.42. The SMILES string of the molecule is CCC1C=CC=CC1C(=O)N[C@@H]1c2cc(OC(F)(F)F)ccc2OC(C)(C)[C@H]1O. The lowest BCUT2D eigenvalue weighted by molar-refractivity contribution is -0.274. The molecule has 4 atom stereocenters. The molecular formula is C21H24F3NO4. The maximum absolute atomic E-state index is 13.0. The van der Waals surface area contributed by atoms with Crippen LogP contribution in [0.15, 0.2) is 42.5 Å². The van der Waals surface area contributed by atoms with Crippen molar-refractivity contribution in [1.82, 2.24) is 5.32 Å². The number of hydrogen-bond acceptors (Lipinski definition) is 4. The number of alkyl halides is 3. The summed E-state index contributed by atoms with van der Waals surface area (Å²) in [4.78, 5) is 13.0. The Balaban J connectivity index is 1.92. The third-order valence-electron chi connectivity index (χ3n) is 5.27. The van der Waals surface area contributed by atoms with Gasteiger partial charge in [-0.1, -0.05) is 31.2 Å². The Morgan fingerprint density at radius 2 is 1.97 bits per heavy atom. The topological polar surface area (TPSA) is 67.8 Å². The summed E-state index contributed by atoms with van der Waals surface area (Å²) in [5, 5.41) is 13.6. The van der Waals surface area contributed by atoms with Crippen molar-refractivity contribution in [3.05, 3.63) is 48.1 Å². The van der Waals surface area contributed by atoms with Gasteiger partial charge in [0.15, 0.2) is 0 Å². The lowest BCUT2D eigenvalue weighted by atomic mass is 9.83. The molecule has 0 aromatic heterocycles. The Hall–Kier alpha value is -2.48. The van der Waals surface area contributed by atoms with Gasteiger partial charge in [0.2, 0.25) is 5.91 Å². The highest BCUT2D eigenvalue weighted by atomic mass is 19.4. The van der Waals surface area contributed by atoms with Crippen LogP contribution in [0, 0.1) is 11.8 Å². The van der Waals surface area contributed by atoms with E-state index in [2.05, 4.69) is 10.1 Å². The van der Waals surface area contributed by atoms with Gasteiger partial charge in [0.05, 0.1) is 12.0 Å². The van der Waals surface area contributed by atoms with Crippen LogP contribution in [-0.2, 0) is 4.79 Å². The Labute approximate surface area is 167 Å². The second-order valence-electron chi connectivity index (χ2n) is 7.75. The molecule has 0 radical (unpaired) electrons. The summed E-state index contributed by atoms with van der Waals surface area (Å²) in [6.45, 7) is 5.27. The smallest absolute Gasteiger partial charge is 0.485 e. The van der Waals surface area contributed by atoms with Gasteiger partial charge in [-0.3, -0.25) is 4.79 Å². The van der Waals surface area contributed by atoms with Crippen LogP contribution < -0.4 is 14.8 Å². The fourth-order valence-corrected chi connectivity index (χ4v) is 3.71. The molecule has 29 heavy (non-hydrogen) atoms. The van der Waals surface area contributed by atoms with Gasteiger partial charge in [-0.2, -0.15) is 0 Å². The van der Waals surface area contributed by atoms with Crippen LogP contribution in [0.4, 0.5) is 13.2 Å². The van der Waals surface area contributed by atoms with E-state index in [0.29, 0.717) is 0 Å². The molecular weight excluding hydrogens is 387 g/mol. The average Bonchev–Trinajstić information content (AvgIpc) is 2.64. The number of allylic oxidation sites excluding steroid dienone is 3. The fourth-order valence-electron chi connectivity index (χ4n) is 3.71. The summed E-state index contributed by atoms with van der Waals surface area (Å²) in [5.41, 5.74) is -0.820. The van der Waals surface area contributed by atoms with Gasteiger partial charge in [0.1, 0.15) is 23.2 Å². The average molecular weight is 411 g/mol. The molecule has 1 aliphatic heterocycles. The van der Waals surface area contributed by atoms with Crippen LogP contribution in [-0.4, -0.2) is 29.1 Å². The van der Waals surface area contributed by atoms with Crippen LogP contribution >= 0.6 is 0 Å². The molecule has 158 valence electrons. The van der Waals surface area contributed by atoms with Gasteiger partial charge >= 0.3 is 6.36 Å². The number of aliphatic hydroxyl groups excluding tert-OH is 1. The van der Waals surface area contributed by atoms with Crippen molar-refractivity contribution in [3.8, 4) is 11.5 Å². The second-order valence-corrected chi connectivity index (χ2v) is 7.75. The monoisotopic (exact) mass is 411 g/mol. The number of nitrogens with one attached hydrogen (secondary N) is 1. The number of rotatable bonds is 4. The summed E-state index contributed by atoms with van der Waals surface area (Å²) in [7, 11) is 0. The normalized spacial score (nSPS) is 27.7. The fraction of sp³-hybridized carbons (Fsp3) is 0.476. The summed E-state index contributed by atoms with van der Waals surface area (Å²) in [6.07, 6.45) is 2.10. The zero-order valence-corrected chi connectivity index (χ0v) is 16.4. The lowest BCUT2D eigenvalue weighted by Crippen LogP contribution is -2.54. The number of carbonyl (C=O) groups excluding carboxylic acids is 1. The number of hydrogen-bond donors (Lipinski definition) is 2. The molecule has 3 rings (SSSR count). The van der Waals surface area contributed by atoms with E-state index in [1.807, 2.05) is 19.1 Å². The molecule has 2 N–H and O–H groups in total. The molecule has 1 aromatic carbocycles. The minimum atomic E-state index is -4.85. The minimum Gasteiger partial charge on any atom is -0.485 e. The van der Waals surface area contributed by atoms with Crippen molar-refractivity contribution < 1.29 is 32.5 Å². The van der Waals surface area contributed by atoms with Crippen LogP contribution in [0.5, 0.6) is 11.5 Å². The van der Waals surface area contributed by atoms with Crippen molar-refractivity contribution in [2.45, 2.75) is 51.3 Å². The maximum atomic E-state index is 13.0. The number of halogens is 3. The van der Waals surface area contributed by atoms with Gasteiger partial charge in [0, 0.05) is 5.56 Å². The minimum absolute atomic E-state index is 0.00404. The highest BCUT2D eigenvalue weighted by molar-refractivity contribution is 5.82. The van der Waals surface area contributed by atoms with E-state index in [-0.39, 0.29) is 23.1 Å². The third kappa shape index (κ3) is 4.58. The first-order valence-electron chi connectivity index (χ1n) is 9.44. The van der Waals surface area contributed by atoms with Gasteiger partial charge in [-0.15, -0.1) is 13.2 Å². The van der Waals surface area contributed by atoms with E-state index >= 15 is 0 Å². The Bertz CT molecular complexity index is 832. The first-order chi connectivity index (χ1) is 13.5. The standard InChI is InChI=1S/C21H24F3NO4/c1-4-12-7-5-6-8-14(12)19(27)25-17-15-11-13(28-21(22,23)24)9-10-16(15)29-20(2,3)18(17)26/h5-12,14,17-18,26H,4H2,1-3H3,(H,25,27)/t12?,14?,17-,18+/m1/s1. The van der Waals surface area contributed by atoms with E-state index in [0.717, 1.165) is 18.6 Å². The predicted octanol–water partition coefficient (Wildman–Crippen LogP) is 4.04. The quantitative estimate of drug-likeness (QED) is 0.785. The molecule has 0 saturated heterocycles. The van der Waals surface area contributed by atoms with Crippen LogP contribution in [0.1, 0.15) is 38.8 Å². The van der Waals surface area contributed by atoms with Crippen molar-refractivity contribution in [2.75, 3.05) is 0 Å². The first kappa shape index (κ1) is 21.2. The molecule has 1 aromatic rings. The van der Waals surface area contributed by atoms with Crippen molar-refractivity contribution in [1.29, 1.82) is 0 Å². The van der Waals surface area contributed by atoms with E-state index in [1.54, 1.807) is 26.0 Å². The summed E-state index contributed by atoms with van der Waals surface area (Å²) in [5.74, 6) is -0.901. The number of fused-ring (bicyclic) bond motifs is 1. The highest BCUT2D eigenvalue weighted by Crippen LogP contribution is 2.42. The van der Waals surface area contributed by atoms with Crippen LogP contribution in [0.3, 0.4) is 0 Å². The predicted molar refractivity (Wildman–Crippen MR) is 100 cm³/mol. The summed E-state index contributed by atoms with van der Waals surface area (Å²) in [6, 6.07) is 2.68. The molecule has 1 aliphatic carbocycles. The molecule has 1 amide bonds. The highest BCUT2D eigenvalue weighted by Gasteiger charge is 2.45. The molecule has 0 bridgehead atoms. The molecule has 0 saturated carbocycles. The second kappa shape index (κ2) is 7.74. The summed E-state index contributed by atoms with van der Waals surface area (Å²) >= 11 is 0. The molecule has 0 fully saturated rings. The summed E-state index contributed by atoms with van der Waals surface area (Å²) < 4.78 is 47.6. The van der Waals surface area contributed by atoms with Crippen molar-refractivity contribution in [3.63, 3.8) is 0 Å². The Kier molecular flexibility index (Phi) is 5.67. The number of ether oxygens (including phenoxy) is 2. The van der Waals surface area contributed by atoms with Gasteiger partial charge < -0.3 is 19.9 Å². The van der Waals surface area contributed by atoms with Gasteiger partial charge in [-0.05, 0) is 44.4 Å². The number of amides is 1. The molecule has 2 aliphatic rings. The Morgan fingerprint density at radius 3 is 2.62 bits per heavy atom. The molecule has 2 unspecified atom stereocenters. The zero-order chi connectivity index (χ0) is 21.4.